The fourth-order valence-electron chi connectivity index (χ4n) is 8.71. The highest BCUT2D eigenvalue weighted by molar-refractivity contribution is 7.99. The third-order valence-electron chi connectivity index (χ3n) is 12.3. The number of carbonyl (C=O) groups excluding carboxylic acids is 1. The van der Waals surface area contributed by atoms with Crippen molar-refractivity contribution < 1.29 is 26.9 Å². The molecular formula is C39H52ClN3O6S2. The van der Waals surface area contributed by atoms with Gasteiger partial charge in [0, 0.05) is 54.0 Å². The summed E-state index contributed by atoms with van der Waals surface area (Å²) in [5, 5.41) is 0.391. The molecule has 1 amide bonds. The number of fused-ring (bicyclic) bond motifs is 4. The van der Waals surface area contributed by atoms with Gasteiger partial charge in [-0.25, -0.2) is 12.6 Å². The van der Waals surface area contributed by atoms with Crippen LogP contribution < -0.4 is 14.4 Å². The fourth-order valence-corrected chi connectivity index (χ4v) is 11.7. The molecule has 2 aromatic carbocycles. The van der Waals surface area contributed by atoms with E-state index in [4.69, 9.17) is 21.1 Å². The molecular weight excluding hydrogens is 706 g/mol. The lowest BCUT2D eigenvalue weighted by atomic mass is 9.68. The molecule has 2 aromatic rings. The van der Waals surface area contributed by atoms with Gasteiger partial charge >= 0.3 is 0 Å². The number of aryl methyl sites for hydroxylation is 1. The van der Waals surface area contributed by atoms with E-state index in [2.05, 4.69) is 44.7 Å². The largest absolute Gasteiger partial charge is 0.490 e. The second-order valence-electron chi connectivity index (χ2n) is 15.6. The highest BCUT2D eigenvalue weighted by Gasteiger charge is 2.44. The van der Waals surface area contributed by atoms with Crippen LogP contribution in [0.4, 0.5) is 5.69 Å². The van der Waals surface area contributed by atoms with E-state index in [9.17, 15) is 17.4 Å². The maximum absolute atomic E-state index is 13.9. The van der Waals surface area contributed by atoms with Gasteiger partial charge in [-0.15, -0.1) is 0 Å². The number of nitrogens with one attached hydrogen (secondary N) is 1. The quantitative estimate of drug-likeness (QED) is 0.331. The van der Waals surface area contributed by atoms with Gasteiger partial charge in [0.1, 0.15) is 5.75 Å². The number of anilines is 1. The number of nitrogens with zero attached hydrogens (tertiary/aromatic N) is 2. The highest BCUT2D eigenvalue weighted by Crippen LogP contribution is 2.47. The summed E-state index contributed by atoms with van der Waals surface area (Å²) < 4.78 is 54.0. The summed E-state index contributed by atoms with van der Waals surface area (Å²) in [6.45, 7) is 8.30. The molecule has 1 saturated heterocycles. The molecule has 1 unspecified atom stereocenters. The van der Waals surface area contributed by atoms with Crippen LogP contribution in [0.25, 0.3) is 0 Å². The monoisotopic (exact) mass is 757 g/mol. The zero-order valence-corrected chi connectivity index (χ0v) is 32.2. The van der Waals surface area contributed by atoms with Crippen molar-refractivity contribution in [2.75, 3.05) is 62.3 Å². The molecule has 51 heavy (non-hydrogen) atoms. The molecule has 3 aliphatic heterocycles. The minimum Gasteiger partial charge on any atom is -0.490 e. The smallest absolute Gasteiger partial charge is 0.262 e. The van der Waals surface area contributed by atoms with Crippen molar-refractivity contribution in [2.45, 2.75) is 69.1 Å². The minimum absolute atomic E-state index is 0.00738. The standard InChI is InChI=1S/C39H52ClN3O6S2/c1-27-6-4-8-36(48-19-16-42-17-20-51(46,47)21-18-42)33-12-9-31(33)24-43-25-39(15-5-7-29-22-32(40)11-13-34(29)39)26-49-37-14-10-30(23-35(37)43)38(44)41-50(3,45)28(27)2/h4,8,10-11,13-14,22-23,27-28,31,33,36H,3,5-7,9,12,15-21,24-26H2,1-2H3,(H,41,44,45)/b8-4+/t27-,28+,31-,33+,36-,39-,50?/m0/s1. The first kappa shape index (κ1) is 36.8. The molecule has 1 spiro atoms. The molecule has 2 fully saturated rings. The maximum atomic E-state index is 13.9. The lowest BCUT2D eigenvalue weighted by molar-refractivity contribution is -0.0204. The normalized spacial score (nSPS) is 34.6. The first-order chi connectivity index (χ1) is 24.3. The van der Waals surface area contributed by atoms with Crippen LogP contribution in [-0.4, -0.2) is 98.1 Å². The molecule has 7 atom stereocenters. The molecule has 5 aliphatic rings. The Bertz CT molecular complexity index is 1870. The number of carbonyl (C=O) groups is 1. The van der Waals surface area contributed by atoms with Gasteiger partial charge in [0.15, 0.2) is 9.84 Å². The number of halogens is 1. The Labute approximate surface area is 309 Å². The molecule has 7 rings (SSSR count). The van der Waals surface area contributed by atoms with E-state index in [1.165, 1.54) is 11.1 Å². The van der Waals surface area contributed by atoms with Gasteiger partial charge in [0.25, 0.3) is 5.91 Å². The maximum Gasteiger partial charge on any atom is 0.262 e. The van der Waals surface area contributed by atoms with Crippen LogP contribution in [0.1, 0.15) is 67.4 Å². The van der Waals surface area contributed by atoms with Gasteiger partial charge in [0.05, 0.1) is 46.2 Å². The van der Waals surface area contributed by atoms with Crippen LogP contribution >= 0.6 is 11.6 Å². The number of allylic oxidation sites excluding steroid dienone is 1. The van der Waals surface area contributed by atoms with Crippen LogP contribution in [0.5, 0.6) is 5.75 Å². The predicted molar refractivity (Wildman–Crippen MR) is 206 cm³/mol. The number of ether oxygens (including phenoxy) is 2. The molecule has 3 heterocycles. The van der Waals surface area contributed by atoms with E-state index < -0.39 is 25.5 Å². The molecule has 12 heteroatoms. The van der Waals surface area contributed by atoms with E-state index in [-0.39, 0.29) is 34.2 Å². The van der Waals surface area contributed by atoms with Crippen molar-refractivity contribution in [1.29, 1.82) is 0 Å². The van der Waals surface area contributed by atoms with E-state index in [0.717, 1.165) is 61.7 Å². The first-order valence-electron chi connectivity index (χ1n) is 18.5. The zero-order chi connectivity index (χ0) is 36.0. The Morgan fingerprint density at radius 2 is 1.90 bits per heavy atom. The molecule has 2 aliphatic carbocycles. The minimum atomic E-state index is -2.96. The summed E-state index contributed by atoms with van der Waals surface area (Å²) in [6, 6.07) is 11.8. The van der Waals surface area contributed by atoms with Gasteiger partial charge in [-0.2, -0.15) is 0 Å². The van der Waals surface area contributed by atoms with Crippen LogP contribution in [0.2, 0.25) is 5.02 Å². The average molecular weight is 758 g/mol. The Hall–Kier alpha value is -2.57. The van der Waals surface area contributed by atoms with E-state index >= 15 is 0 Å². The second-order valence-corrected chi connectivity index (χ2v) is 20.8. The van der Waals surface area contributed by atoms with Crippen molar-refractivity contribution in [1.82, 2.24) is 9.62 Å². The third kappa shape index (κ3) is 7.88. The summed E-state index contributed by atoms with van der Waals surface area (Å²) in [4.78, 5) is 18.3. The van der Waals surface area contributed by atoms with Gasteiger partial charge in [0.2, 0.25) is 0 Å². The number of rotatable bonds is 4. The number of benzene rings is 2. The topological polar surface area (TPSA) is 105 Å². The Kier molecular flexibility index (Phi) is 10.6. The van der Waals surface area contributed by atoms with Crippen molar-refractivity contribution in [3.05, 3.63) is 70.3 Å². The van der Waals surface area contributed by atoms with Gasteiger partial charge in [-0.1, -0.05) is 36.7 Å². The molecule has 9 nitrogen and oxygen atoms in total. The number of sulfone groups is 1. The summed E-state index contributed by atoms with van der Waals surface area (Å²) in [5.74, 6) is 5.44. The fraction of sp³-hybridized carbons (Fsp3) is 0.590. The van der Waals surface area contributed by atoms with Gasteiger partial charge in [-0.05, 0) is 111 Å². The lowest BCUT2D eigenvalue weighted by Crippen LogP contribution is -2.50. The van der Waals surface area contributed by atoms with Crippen molar-refractivity contribution in [3.8, 4) is 5.75 Å². The Morgan fingerprint density at radius 1 is 1.10 bits per heavy atom. The molecule has 1 saturated carbocycles. The van der Waals surface area contributed by atoms with Crippen LogP contribution in [-0.2, 0) is 36.1 Å². The number of amides is 1. The van der Waals surface area contributed by atoms with Gasteiger partial charge in [-0.3, -0.25) is 14.4 Å². The van der Waals surface area contributed by atoms with E-state index in [1.807, 2.05) is 32.0 Å². The summed E-state index contributed by atoms with van der Waals surface area (Å²) in [7, 11) is -5.90. The summed E-state index contributed by atoms with van der Waals surface area (Å²) >= 11 is 6.47. The van der Waals surface area contributed by atoms with E-state index in [0.29, 0.717) is 56.7 Å². The first-order valence-corrected chi connectivity index (χ1v) is 22.5. The summed E-state index contributed by atoms with van der Waals surface area (Å²) in [5.41, 5.74) is 3.64. The van der Waals surface area contributed by atoms with Crippen LogP contribution in [0, 0.1) is 17.8 Å². The Balaban J connectivity index is 1.21. The van der Waals surface area contributed by atoms with Crippen LogP contribution in [0.3, 0.4) is 0 Å². The Morgan fingerprint density at radius 3 is 2.67 bits per heavy atom. The predicted octanol–water partition coefficient (Wildman–Crippen LogP) is 5.30. The number of hydrogen-bond donors (Lipinski definition) is 1. The van der Waals surface area contributed by atoms with Crippen molar-refractivity contribution >= 4 is 48.6 Å². The van der Waals surface area contributed by atoms with E-state index in [1.54, 1.807) is 6.07 Å². The molecule has 1 N–H and O–H groups in total. The summed E-state index contributed by atoms with van der Waals surface area (Å²) in [6.07, 6.45) is 10.1. The number of hydrogen-bond acceptors (Lipinski definition) is 8. The van der Waals surface area contributed by atoms with Crippen molar-refractivity contribution in [2.24, 2.45) is 17.8 Å². The second kappa shape index (κ2) is 14.7. The van der Waals surface area contributed by atoms with Crippen molar-refractivity contribution in [3.63, 3.8) is 0 Å². The molecule has 2 bridgehead atoms. The third-order valence-corrected chi connectivity index (χ3v) is 16.3. The molecule has 278 valence electrons. The molecule has 0 aromatic heterocycles. The molecule has 0 radical (unpaired) electrons. The lowest BCUT2D eigenvalue weighted by Gasteiger charge is -2.46. The SMILES string of the molecule is C=S1(=O)NC(=O)c2ccc3c(c2)N(C[C@@H]2CC[C@H]2[C@@H](OCCN2CCS(=O)(=O)CC2)/C=C/C[C@H](C)[C@H]1C)C[C@@]1(CCCc2cc(Cl)ccc21)CO3. The average Bonchev–Trinajstić information content (AvgIpc) is 3.23. The van der Waals surface area contributed by atoms with Crippen LogP contribution in [0.15, 0.2) is 48.6 Å². The van der Waals surface area contributed by atoms with Gasteiger partial charge < -0.3 is 14.4 Å². The highest BCUT2D eigenvalue weighted by atomic mass is 35.5. The zero-order valence-electron chi connectivity index (χ0n) is 29.9.